The molecule has 0 spiro atoms. The number of nitrogens with one attached hydrogen (secondary N) is 1. The van der Waals surface area contributed by atoms with E-state index in [1.807, 2.05) is 45.0 Å². The van der Waals surface area contributed by atoms with Crippen LogP contribution in [-0.4, -0.2) is 28.7 Å². The van der Waals surface area contributed by atoms with Crippen LogP contribution in [0, 0.1) is 0 Å². The van der Waals surface area contributed by atoms with Crippen molar-refractivity contribution >= 4 is 28.0 Å². The Morgan fingerprint density at radius 1 is 1.29 bits per heavy atom. The number of halogens is 1. The van der Waals surface area contributed by atoms with E-state index in [2.05, 4.69) is 25.9 Å². The lowest BCUT2D eigenvalue weighted by atomic mass is 10.2. The number of anilines is 1. The topological polar surface area (TPSA) is 58.2 Å². The first-order valence-corrected chi connectivity index (χ1v) is 7.33. The van der Waals surface area contributed by atoms with Crippen LogP contribution in [-0.2, 0) is 4.74 Å². The number of aromatic amines is 1. The molecule has 6 heteroatoms. The maximum absolute atomic E-state index is 12.0. The molecular weight excluding hydrogens is 334 g/mol. The molecule has 0 aliphatic heterocycles. The fraction of sp³-hybridized carbons (Fsp3) is 0.333. The highest BCUT2D eigenvalue weighted by Crippen LogP contribution is 2.22. The summed E-state index contributed by atoms with van der Waals surface area (Å²) in [6, 6.07) is 7.84. The summed E-state index contributed by atoms with van der Waals surface area (Å²) in [6.07, 6.45) is 1.25. The Kier molecular flexibility index (Phi) is 4.37. The third-order valence-corrected chi connectivity index (χ3v) is 3.23. The van der Waals surface area contributed by atoms with Crippen LogP contribution in [0.15, 0.2) is 34.9 Å². The van der Waals surface area contributed by atoms with E-state index in [-0.39, 0.29) is 0 Å². The van der Waals surface area contributed by atoms with Crippen molar-refractivity contribution in [3.05, 3.63) is 34.9 Å². The molecule has 0 atom stereocenters. The SMILES string of the molecule is CN(C(=O)OC(C)(C)C)c1ncc(-c2ccc(Br)cc2)[nH]1. The molecule has 0 unspecified atom stereocenters. The smallest absolute Gasteiger partial charge is 0.416 e. The minimum Gasteiger partial charge on any atom is -0.443 e. The highest BCUT2D eigenvalue weighted by atomic mass is 79.9. The number of benzene rings is 1. The van der Waals surface area contributed by atoms with Crippen molar-refractivity contribution in [3.63, 3.8) is 0 Å². The normalized spacial score (nSPS) is 11.3. The number of carbonyl (C=O) groups excluding carboxylic acids is 1. The Labute approximate surface area is 132 Å². The Bertz CT molecular complexity index is 629. The minimum atomic E-state index is -0.535. The average Bonchev–Trinajstić information content (AvgIpc) is 2.86. The number of carbonyl (C=O) groups is 1. The van der Waals surface area contributed by atoms with Crippen molar-refractivity contribution in [2.24, 2.45) is 0 Å². The second-order valence-electron chi connectivity index (χ2n) is 5.67. The molecule has 1 aromatic heterocycles. The largest absolute Gasteiger partial charge is 0.443 e. The summed E-state index contributed by atoms with van der Waals surface area (Å²) in [5, 5.41) is 0. The lowest BCUT2D eigenvalue weighted by Gasteiger charge is -2.23. The zero-order valence-electron chi connectivity index (χ0n) is 12.5. The van der Waals surface area contributed by atoms with Crippen molar-refractivity contribution in [2.75, 3.05) is 11.9 Å². The van der Waals surface area contributed by atoms with E-state index in [0.29, 0.717) is 5.95 Å². The van der Waals surface area contributed by atoms with Gasteiger partial charge in [0, 0.05) is 11.5 Å². The fourth-order valence-electron chi connectivity index (χ4n) is 1.67. The first kappa shape index (κ1) is 15.6. The van der Waals surface area contributed by atoms with Crippen molar-refractivity contribution in [2.45, 2.75) is 26.4 Å². The van der Waals surface area contributed by atoms with Crippen LogP contribution in [0.3, 0.4) is 0 Å². The van der Waals surface area contributed by atoms with Gasteiger partial charge in [-0.2, -0.15) is 0 Å². The van der Waals surface area contributed by atoms with Crippen LogP contribution in [0.5, 0.6) is 0 Å². The van der Waals surface area contributed by atoms with Crippen molar-refractivity contribution in [1.29, 1.82) is 0 Å². The molecule has 0 fully saturated rings. The molecule has 2 rings (SSSR count). The molecule has 1 aromatic carbocycles. The van der Waals surface area contributed by atoms with Gasteiger partial charge in [-0.25, -0.2) is 9.78 Å². The lowest BCUT2D eigenvalue weighted by Crippen LogP contribution is -2.34. The van der Waals surface area contributed by atoms with Gasteiger partial charge >= 0.3 is 6.09 Å². The Hall–Kier alpha value is -1.82. The van der Waals surface area contributed by atoms with E-state index in [1.54, 1.807) is 13.2 Å². The zero-order valence-corrected chi connectivity index (χ0v) is 14.1. The third-order valence-electron chi connectivity index (χ3n) is 2.70. The summed E-state index contributed by atoms with van der Waals surface area (Å²) in [7, 11) is 1.62. The minimum absolute atomic E-state index is 0.445. The maximum atomic E-state index is 12.0. The van der Waals surface area contributed by atoms with Crippen LogP contribution >= 0.6 is 15.9 Å². The average molecular weight is 352 g/mol. The molecule has 112 valence electrons. The van der Waals surface area contributed by atoms with Crippen molar-refractivity contribution in [1.82, 2.24) is 9.97 Å². The van der Waals surface area contributed by atoms with Gasteiger partial charge in [-0.3, -0.25) is 4.90 Å². The number of rotatable bonds is 2. The number of amides is 1. The van der Waals surface area contributed by atoms with Crippen LogP contribution in [0.25, 0.3) is 11.3 Å². The van der Waals surface area contributed by atoms with Crippen molar-refractivity contribution in [3.8, 4) is 11.3 Å². The zero-order chi connectivity index (χ0) is 15.6. The summed E-state index contributed by atoms with van der Waals surface area (Å²) in [6.45, 7) is 5.48. The van der Waals surface area contributed by atoms with Gasteiger partial charge in [-0.05, 0) is 38.5 Å². The third kappa shape index (κ3) is 4.07. The van der Waals surface area contributed by atoms with E-state index < -0.39 is 11.7 Å². The number of aromatic nitrogens is 2. The lowest BCUT2D eigenvalue weighted by molar-refractivity contribution is 0.0587. The van der Waals surface area contributed by atoms with Crippen LogP contribution < -0.4 is 4.90 Å². The standard InChI is InChI=1S/C15H18BrN3O2/c1-15(2,3)21-14(20)19(4)13-17-9-12(18-13)10-5-7-11(16)8-6-10/h5-9H,1-4H3,(H,17,18). The number of hydrogen-bond donors (Lipinski definition) is 1. The Morgan fingerprint density at radius 2 is 1.90 bits per heavy atom. The highest BCUT2D eigenvalue weighted by molar-refractivity contribution is 9.10. The number of imidazole rings is 1. The monoisotopic (exact) mass is 351 g/mol. The number of hydrogen-bond acceptors (Lipinski definition) is 3. The summed E-state index contributed by atoms with van der Waals surface area (Å²) in [5.41, 5.74) is 1.30. The molecule has 1 N–H and O–H groups in total. The molecular formula is C15H18BrN3O2. The Balaban J connectivity index is 2.16. The fourth-order valence-corrected chi connectivity index (χ4v) is 1.94. The van der Waals surface area contributed by atoms with Gasteiger partial charge in [0.2, 0.25) is 5.95 Å². The molecule has 21 heavy (non-hydrogen) atoms. The van der Waals surface area contributed by atoms with Gasteiger partial charge in [-0.15, -0.1) is 0 Å². The molecule has 1 heterocycles. The molecule has 0 saturated carbocycles. The highest BCUT2D eigenvalue weighted by Gasteiger charge is 2.22. The predicted molar refractivity (Wildman–Crippen MR) is 86.4 cm³/mol. The molecule has 0 saturated heterocycles. The van der Waals surface area contributed by atoms with Gasteiger partial charge in [0.15, 0.2) is 0 Å². The summed E-state index contributed by atoms with van der Waals surface area (Å²) < 4.78 is 6.32. The van der Waals surface area contributed by atoms with E-state index in [1.165, 1.54) is 4.90 Å². The number of nitrogens with zero attached hydrogens (tertiary/aromatic N) is 2. The van der Waals surface area contributed by atoms with Gasteiger partial charge in [-0.1, -0.05) is 28.1 Å². The maximum Gasteiger partial charge on any atom is 0.416 e. The second kappa shape index (κ2) is 5.89. The number of ether oxygens (including phenoxy) is 1. The van der Waals surface area contributed by atoms with Crippen LogP contribution in [0.1, 0.15) is 20.8 Å². The quantitative estimate of drug-likeness (QED) is 0.881. The van der Waals surface area contributed by atoms with E-state index in [4.69, 9.17) is 4.74 Å². The van der Waals surface area contributed by atoms with Crippen LogP contribution in [0.4, 0.5) is 10.7 Å². The van der Waals surface area contributed by atoms with Crippen LogP contribution in [0.2, 0.25) is 0 Å². The molecule has 0 aliphatic carbocycles. The van der Waals surface area contributed by atoms with E-state index in [9.17, 15) is 4.79 Å². The molecule has 0 radical (unpaired) electrons. The van der Waals surface area contributed by atoms with E-state index >= 15 is 0 Å². The summed E-state index contributed by atoms with van der Waals surface area (Å²) in [5.74, 6) is 0.446. The molecule has 0 aliphatic rings. The molecule has 0 bridgehead atoms. The second-order valence-corrected chi connectivity index (χ2v) is 6.58. The van der Waals surface area contributed by atoms with Crippen molar-refractivity contribution < 1.29 is 9.53 Å². The summed E-state index contributed by atoms with van der Waals surface area (Å²) in [4.78, 5) is 20.7. The molecule has 5 nitrogen and oxygen atoms in total. The predicted octanol–water partition coefficient (Wildman–Crippen LogP) is 4.21. The first-order valence-electron chi connectivity index (χ1n) is 6.54. The Morgan fingerprint density at radius 3 is 2.48 bits per heavy atom. The first-order chi connectivity index (χ1) is 9.76. The van der Waals surface area contributed by atoms with Gasteiger partial charge in [0.05, 0.1) is 11.9 Å². The summed E-state index contributed by atoms with van der Waals surface area (Å²) >= 11 is 3.40. The van der Waals surface area contributed by atoms with Gasteiger partial charge < -0.3 is 9.72 Å². The molecule has 2 aromatic rings. The van der Waals surface area contributed by atoms with Gasteiger partial charge in [0.25, 0.3) is 0 Å². The van der Waals surface area contributed by atoms with E-state index in [0.717, 1.165) is 15.7 Å². The number of H-pyrrole nitrogens is 1. The van der Waals surface area contributed by atoms with Gasteiger partial charge in [0.1, 0.15) is 5.60 Å². The molecule has 1 amide bonds.